The number of phenolic OH excluding ortho intramolecular Hbond substituents is 1. The number of aromatic nitrogens is 2. The van der Waals surface area contributed by atoms with Crippen molar-refractivity contribution in [2.45, 2.75) is 12.8 Å². The number of para-hydroxylation sites is 1. The summed E-state index contributed by atoms with van der Waals surface area (Å²) in [6, 6.07) is 16.7. The van der Waals surface area contributed by atoms with Crippen molar-refractivity contribution < 1.29 is 19.7 Å². The minimum absolute atomic E-state index is 0.0106. The van der Waals surface area contributed by atoms with Crippen LogP contribution in [0.4, 0.5) is 0 Å². The van der Waals surface area contributed by atoms with Crippen molar-refractivity contribution >= 4 is 28.5 Å². The first-order valence-corrected chi connectivity index (χ1v) is 9.71. The Morgan fingerprint density at radius 3 is 2.47 bits per heavy atom. The summed E-state index contributed by atoms with van der Waals surface area (Å²) in [5.74, 6) is -0.357. The first-order chi connectivity index (χ1) is 14.5. The van der Waals surface area contributed by atoms with Crippen LogP contribution in [-0.2, 0) is 11.2 Å². The molecule has 30 heavy (non-hydrogen) atoms. The Morgan fingerprint density at radius 1 is 1.10 bits per heavy atom. The molecule has 0 aliphatic heterocycles. The lowest BCUT2D eigenvalue weighted by atomic mass is 9.98. The molecule has 1 heterocycles. The number of fused-ring (bicyclic) bond motifs is 1. The molecule has 3 N–H and O–H groups in total. The summed E-state index contributed by atoms with van der Waals surface area (Å²) in [7, 11) is 1.51. The van der Waals surface area contributed by atoms with Gasteiger partial charge in [-0.15, -0.1) is 0 Å². The van der Waals surface area contributed by atoms with Gasteiger partial charge in [-0.05, 0) is 29.3 Å². The summed E-state index contributed by atoms with van der Waals surface area (Å²) < 4.78 is 5.18. The lowest BCUT2D eigenvalue weighted by molar-refractivity contribution is -0.136. The van der Waals surface area contributed by atoms with E-state index in [1.165, 1.54) is 7.11 Å². The second-order valence-electron chi connectivity index (χ2n) is 6.88. The molecule has 0 amide bonds. The van der Waals surface area contributed by atoms with Crippen LogP contribution in [0.1, 0.15) is 12.1 Å². The van der Waals surface area contributed by atoms with E-state index in [1.54, 1.807) is 12.1 Å². The minimum Gasteiger partial charge on any atom is -0.504 e. The first kappa shape index (κ1) is 19.8. The maximum atomic E-state index is 10.9. The zero-order valence-corrected chi connectivity index (χ0v) is 16.9. The maximum Gasteiger partial charge on any atom is 0.303 e. The van der Waals surface area contributed by atoms with Crippen LogP contribution in [0.5, 0.6) is 11.5 Å². The molecule has 7 heteroatoms. The van der Waals surface area contributed by atoms with Crippen molar-refractivity contribution in [3.8, 4) is 33.8 Å². The highest BCUT2D eigenvalue weighted by Crippen LogP contribution is 2.38. The first-order valence-electron chi connectivity index (χ1n) is 9.33. The molecular weight excluding hydrogens is 404 g/mol. The second kappa shape index (κ2) is 8.08. The number of nitrogens with one attached hydrogen (secondary N) is 1. The quantitative estimate of drug-likeness (QED) is 0.393. The molecule has 0 fully saturated rings. The number of H-pyrrole nitrogens is 1. The lowest BCUT2D eigenvalue weighted by Crippen LogP contribution is -1.98. The Balaban J connectivity index is 1.71. The van der Waals surface area contributed by atoms with Gasteiger partial charge in [0.1, 0.15) is 0 Å². The largest absolute Gasteiger partial charge is 0.504 e. The molecule has 6 nitrogen and oxygen atoms in total. The number of ether oxygens (including phenoxy) is 1. The predicted molar refractivity (Wildman–Crippen MR) is 116 cm³/mol. The molecule has 4 rings (SSSR count). The molecule has 0 spiro atoms. The fraction of sp³-hybridized carbons (Fsp3) is 0.130. The number of benzene rings is 3. The molecular formula is C23H19ClN2O4. The topological polar surface area (TPSA) is 95.4 Å². The number of nitrogens with zero attached hydrogens (tertiary/aromatic N) is 1. The van der Waals surface area contributed by atoms with E-state index < -0.39 is 5.97 Å². The third-order valence-electron chi connectivity index (χ3n) is 5.03. The zero-order chi connectivity index (χ0) is 21.3. The summed E-state index contributed by atoms with van der Waals surface area (Å²) in [6.07, 6.45) is 0.348. The molecule has 0 radical (unpaired) electrons. The zero-order valence-electron chi connectivity index (χ0n) is 16.1. The number of hydrogen-bond donors (Lipinski definition) is 3. The van der Waals surface area contributed by atoms with E-state index in [4.69, 9.17) is 21.4 Å². The Labute approximate surface area is 177 Å². The number of hydrogen-bond acceptors (Lipinski definition) is 4. The Bertz CT molecular complexity index is 1230. The number of aliphatic carboxylic acids is 1. The second-order valence-corrected chi connectivity index (χ2v) is 7.28. The van der Waals surface area contributed by atoms with Crippen LogP contribution in [0.2, 0.25) is 5.02 Å². The van der Waals surface area contributed by atoms with Crippen LogP contribution in [0.15, 0.2) is 54.6 Å². The number of halogens is 1. The average molecular weight is 423 g/mol. The Kier molecular flexibility index (Phi) is 5.33. The van der Waals surface area contributed by atoms with Crippen molar-refractivity contribution in [3.63, 3.8) is 0 Å². The number of carboxylic acid groups (broad SMARTS) is 1. The molecule has 0 saturated carbocycles. The number of carboxylic acids is 1. The third-order valence-corrected chi connectivity index (χ3v) is 5.34. The van der Waals surface area contributed by atoms with Crippen molar-refractivity contribution in [3.05, 3.63) is 65.3 Å². The monoisotopic (exact) mass is 422 g/mol. The van der Waals surface area contributed by atoms with Crippen LogP contribution in [-0.4, -0.2) is 33.5 Å². The van der Waals surface area contributed by atoms with Gasteiger partial charge < -0.3 is 14.9 Å². The molecule has 3 aromatic carbocycles. The van der Waals surface area contributed by atoms with E-state index in [1.807, 2.05) is 42.5 Å². The van der Waals surface area contributed by atoms with E-state index in [9.17, 15) is 9.90 Å². The number of aromatic hydroxyl groups is 1. The summed E-state index contributed by atoms with van der Waals surface area (Å²) in [5.41, 5.74) is 4.71. The van der Waals surface area contributed by atoms with Crippen LogP contribution < -0.4 is 4.74 Å². The van der Waals surface area contributed by atoms with Crippen molar-refractivity contribution in [2.75, 3.05) is 7.11 Å². The van der Waals surface area contributed by atoms with Crippen LogP contribution in [0.25, 0.3) is 33.2 Å². The van der Waals surface area contributed by atoms with E-state index in [0.717, 1.165) is 27.6 Å². The molecule has 0 atom stereocenters. The number of phenols is 1. The Hall–Kier alpha value is -3.51. The van der Waals surface area contributed by atoms with Gasteiger partial charge in [0.05, 0.1) is 29.8 Å². The molecule has 0 aliphatic carbocycles. The number of carbonyl (C=O) groups is 1. The fourth-order valence-electron chi connectivity index (χ4n) is 3.48. The molecule has 0 unspecified atom stereocenters. The molecule has 0 saturated heterocycles. The summed E-state index contributed by atoms with van der Waals surface area (Å²) in [4.78, 5) is 10.9. The van der Waals surface area contributed by atoms with Gasteiger partial charge in [0.2, 0.25) is 0 Å². The van der Waals surface area contributed by atoms with Crippen molar-refractivity contribution in [1.29, 1.82) is 0 Å². The third kappa shape index (κ3) is 3.69. The summed E-state index contributed by atoms with van der Waals surface area (Å²) in [5, 5.41) is 27.9. The van der Waals surface area contributed by atoms with Crippen LogP contribution in [0.3, 0.4) is 0 Å². The number of aryl methyl sites for hydroxylation is 1. The van der Waals surface area contributed by atoms with Gasteiger partial charge >= 0.3 is 5.97 Å². The molecule has 0 bridgehead atoms. The highest BCUT2D eigenvalue weighted by atomic mass is 35.5. The van der Waals surface area contributed by atoms with Gasteiger partial charge in [-0.2, -0.15) is 5.10 Å². The normalized spacial score (nSPS) is 11.0. The standard InChI is InChI=1S/C23H19ClN2O4/c1-30-21-4-2-3-15(23(21)29)13-5-7-14(8-6-13)16-11-17-19(9-10-22(27)28)25-26-20(17)12-18(16)24/h2-8,11-12,29H,9-10H2,1H3,(H,25,26)(H,27,28). The molecule has 0 aliphatic rings. The molecule has 152 valence electrons. The van der Waals surface area contributed by atoms with Crippen LogP contribution >= 0.6 is 11.6 Å². The smallest absolute Gasteiger partial charge is 0.303 e. The minimum atomic E-state index is -0.864. The molecule has 1 aromatic heterocycles. The highest BCUT2D eigenvalue weighted by molar-refractivity contribution is 6.34. The average Bonchev–Trinajstić information content (AvgIpc) is 3.13. The van der Waals surface area contributed by atoms with E-state index >= 15 is 0 Å². The van der Waals surface area contributed by atoms with Gasteiger partial charge in [0.25, 0.3) is 0 Å². The lowest BCUT2D eigenvalue weighted by Gasteiger charge is -2.10. The predicted octanol–water partition coefficient (Wildman–Crippen LogP) is 5.28. The van der Waals surface area contributed by atoms with E-state index in [0.29, 0.717) is 28.5 Å². The van der Waals surface area contributed by atoms with E-state index in [2.05, 4.69) is 10.2 Å². The van der Waals surface area contributed by atoms with E-state index in [-0.39, 0.29) is 12.2 Å². The number of aromatic amines is 1. The number of rotatable bonds is 6. The van der Waals surface area contributed by atoms with Gasteiger partial charge in [0.15, 0.2) is 11.5 Å². The van der Waals surface area contributed by atoms with Crippen molar-refractivity contribution in [1.82, 2.24) is 10.2 Å². The van der Waals surface area contributed by atoms with Crippen molar-refractivity contribution in [2.24, 2.45) is 0 Å². The van der Waals surface area contributed by atoms with Gasteiger partial charge in [-0.1, -0.05) is 48.0 Å². The SMILES string of the molecule is COc1cccc(-c2ccc(-c3cc4c(CCC(=O)O)n[nH]c4cc3Cl)cc2)c1O. The maximum absolute atomic E-state index is 10.9. The summed E-state index contributed by atoms with van der Waals surface area (Å²) >= 11 is 6.50. The summed E-state index contributed by atoms with van der Waals surface area (Å²) in [6.45, 7) is 0. The highest BCUT2D eigenvalue weighted by Gasteiger charge is 2.14. The Morgan fingerprint density at radius 2 is 1.80 bits per heavy atom. The van der Waals surface area contributed by atoms with Gasteiger partial charge in [0, 0.05) is 22.9 Å². The fourth-order valence-corrected chi connectivity index (χ4v) is 3.75. The molecule has 4 aromatic rings. The number of methoxy groups -OCH3 is 1. The van der Waals surface area contributed by atoms with Crippen LogP contribution in [0, 0.1) is 0 Å². The van der Waals surface area contributed by atoms with Gasteiger partial charge in [-0.3, -0.25) is 9.89 Å². The van der Waals surface area contributed by atoms with Gasteiger partial charge in [-0.25, -0.2) is 0 Å².